The first kappa shape index (κ1) is 17.2. The molecule has 3 aliphatic rings. The van der Waals surface area contributed by atoms with E-state index < -0.39 is 0 Å². The molecule has 1 N–H and O–H groups in total. The van der Waals surface area contributed by atoms with Crippen molar-refractivity contribution in [3.8, 4) is 0 Å². The summed E-state index contributed by atoms with van der Waals surface area (Å²) >= 11 is 0. The zero-order chi connectivity index (χ0) is 16.4. The average Bonchev–Trinajstić information content (AvgIpc) is 2.53. The fraction of sp³-hybridized carbons (Fsp3) is 0.800. The van der Waals surface area contributed by atoms with E-state index in [-0.39, 0.29) is 18.5 Å². The first-order valence-electron chi connectivity index (χ1n) is 9.33. The average molecular weight is 320 g/mol. The van der Waals surface area contributed by atoms with Crippen molar-refractivity contribution in [3.05, 3.63) is 23.8 Å². The van der Waals surface area contributed by atoms with Crippen molar-refractivity contribution in [2.75, 3.05) is 7.11 Å². The molecular formula is C20H32O3. The monoisotopic (exact) mass is 320 g/mol. The molecule has 7 atom stereocenters. The molecule has 3 nitrogen and oxygen atoms in total. The summed E-state index contributed by atoms with van der Waals surface area (Å²) in [7, 11) is 1.66. The van der Waals surface area contributed by atoms with Crippen LogP contribution in [0.3, 0.4) is 0 Å². The Bertz CT molecular complexity index is 456. The fourth-order valence-electron chi connectivity index (χ4n) is 4.68. The second-order valence-corrected chi connectivity index (χ2v) is 7.84. The number of aliphatic hydroxyl groups excluding tert-OH is 1. The molecule has 130 valence electrons. The van der Waals surface area contributed by atoms with Crippen LogP contribution in [-0.2, 0) is 9.47 Å². The molecule has 0 radical (unpaired) electrons. The highest BCUT2D eigenvalue weighted by Gasteiger charge is 2.35. The second-order valence-electron chi connectivity index (χ2n) is 7.84. The Hall–Kier alpha value is -0.640. The number of allylic oxidation sites excluding steroid dienone is 4. The van der Waals surface area contributed by atoms with Gasteiger partial charge in [0.2, 0.25) is 0 Å². The van der Waals surface area contributed by atoms with Crippen molar-refractivity contribution in [1.82, 2.24) is 0 Å². The molecule has 0 bridgehead atoms. The van der Waals surface area contributed by atoms with Gasteiger partial charge in [0.1, 0.15) is 0 Å². The lowest BCUT2D eigenvalue weighted by Gasteiger charge is -2.40. The molecular weight excluding hydrogens is 288 g/mol. The van der Waals surface area contributed by atoms with Gasteiger partial charge < -0.3 is 14.6 Å². The van der Waals surface area contributed by atoms with Gasteiger partial charge in [-0.25, -0.2) is 0 Å². The van der Waals surface area contributed by atoms with Crippen LogP contribution in [-0.4, -0.2) is 30.7 Å². The summed E-state index contributed by atoms with van der Waals surface area (Å²) in [6, 6.07) is 0. The van der Waals surface area contributed by atoms with E-state index >= 15 is 0 Å². The topological polar surface area (TPSA) is 38.7 Å². The molecule has 1 fully saturated rings. The predicted octanol–water partition coefficient (Wildman–Crippen LogP) is 4.07. The normalized spacial score (nSPS) is 43.8. The van der Waals surface area contributed by atoms with Crippen LogP contribution in [0, 0.1) is 23.7 Å². The van der Waals surface area contributed by atoms with E-state index in [0.717, 1.165) is 24.7 Å². The summed E-state index contributed by atoms with van der Waals surface area (Å²) in [4.78, 5) is 0. The highest BCUT2D eigenvalue weighted by atomic mass is 16.7. The van der Waals surface area contributed by atoms with Crippen LogP contribution in [0.2, 0.25) is 0 Å². The molecule has 3 heteroatoms. The summed E-state index contributed by atoms with van der Waals surface area (Å²) in [5.74, 6) is 2.79. The van der Waals surface area contributed by atoms with E-state index in [1.165, 1.54) is 19.3 Å². The van der Waals surface area contributed by atoms with Gasteiger partial charge in [0, 0.05) is 13.5 Å². The standard InChI is InChI=1S/C20H32O3/c1-13-4-8-19-15(10-13)6-5-14(2)18(19)9-7-17-11-16(21)12-20(22-3)23-17/h5-6,10,13-14,16-21H,4,7-9,11-12H2,1-3H3/t13-,14+,16+,17+,18+,19+,20+/m1/s1. The number of hydrogen-bond donors (Lipinski definition) is 1. The largest absolute Gasteiger partial charge is 0.393 e. The van der Waals surface area contributed by atoms with Gasteiger partial charge in [-0.2, -0.15) is 0 Å². The summed E-state index contributed by atoms with van der Waals surface area (Å²) < 4.78 is 11.3. The van der Waals surface area contributed by atoms with Crippen LogP contribution in [0.1, 0.15) is 52.4 Å². The van der Waals surface area contributed by atoms with E-state index in [1.54, 1.807) is 12.7 Å². The lowest BCUT2D eigenvalue weighted by atomic mass is 9.66. The Morgan fingerprint density at radius 2 is 2.04 bits per heavy atom. The van der Waals surface area contributed by atoms with Crippen LogP contribution in [0.15, 0.2) is 23.8 Å². The predicted molar refractivity (Wildman–Crippen MR) is 91.9 cm³/mol. The Morgan fingerprint density at radius 3 is 2.83 bits per heavy atom. The minimum Gasteiger partial charge on any atom is -0.393 e. The third kappa shape index (κ3) is 4.07. The third-order valence-corrected chi connectivity index (χ3v) is 6.05. The molecule has 0 saturated carbocycles. The number of fused-ring (bicyclic) bond motifs is 1. The zero-order valence-electron chi connectivity index (χ0n) is 14.8. The van der Waals surface area contributed by atoms with Crippen LogP contribution >= 0.6 is 0 Å². The van der Waals surface area contributed by atoms with Gasteiger partial charge in [-0.05, 0) is 61.3 Å². The van der Waals surface area contributed by atoms with Crippen molar-refractivity contribution >= 4 is 0 Å². The smallest absolute Gasteiger partial charge is 0.160 e. The van der Waals surface area contributed by atoms with Crippen LogP contribution < -0.4 is 0 Å². The van der Waals surface area contributed by atoms with E-state index in [9.17, 15) is 5.11 Å². The van der Waals surface area contributed by atoms with Crippen molar-refractivity contribution in [2.45, 2.75) is 70.9 Å². The van der Waals surface area contributed by atoms with Gasteiger partial charge in [0.15, 0.2) is 6.29 Å². The maximum Gasteiger partial charge on any atom is 0.160 e. The number of hydrogen-bond acceptors (Lipinski definition) is 3. The molecule has 0 spiro atoms. The van der Waals surface area contributed by atoms with Crippen molar-refractivity contribution in [1.29, 1.82) is 0 Å². The van der Waals surface area contributed by atoms with Crippen molar-refractivity contribution in [3.63, 3.8) is 0 Å². The van der Waals surface area contributed by atoms with E-state index in [4.69, 9.17) is 9.47 Å². The molecule has 0 amide bonds. The van der Waals surface area contributed by atoms with Gasteiger partial charge in [-0.1, -0.05) is 32.1 Å². The van der Waals surface area contributed by atoms with Crippen LogP contribution in [0.25, 0.3) is 0 Å². The Labute approximate surface area is 140 Å². The van der Waals surface area contributed by atoms with Gasteiger partial charge in [0.25, 0.3) is 0 Å². The van der Waals surface area contributed by atoms with Crippen molar-refractivity contribution < 1.29 is 14.6 Å². The highest BCUT2D eigenvalue weighted by molar-refractivity contribution is 5.29. The lowest BCUT2D eigenvalue weighted by Crippen LogP contribution is -2.37. The molecule has 1 saturated heterocycles. The molecule has 3 rings (SSSR count). The minimum absolute atomic E-state index is 0.136. The number of ether oxygens (including phenoxy) is 2. The number of methoxy groups -OCH3 is 1. The third-order valence-electron chi connectivity index (χ3n) is 6.05. The van der Waals surface area contributed by atoms with E-state index in [2.05, 4.69) is 32.1 Å². The van der Waals surface area contributed by atoms with Crippen LogP contribution in [0.4, 0.5) is 0 Å². The summed E-state index contributed by atoms with van der Waals surface area (Å²) in [6.07, 6.45) is 13.0. The first-order valence-corrected chi connectivity index (χ1v) is 9.33. The molecule has 1 aliphatic heterocycles. The quantitative estimate of drug-likeness (QED) is 0.848. The SMILES string of the molecule is CO[C@@H]1C[C@@H](O)C[C@H](CC[C@H]2[C@@H](C)C=CC3=C[C@H](C)CC[C@@H]32)O1. The van der Waals surface area contributed by atoms with E-state index in [1.807, 2.05) is 0 Å². The fourth-order valence-corrected chi connectivity index (χ4v) is 4.68. The summed E-state index contributed by atoms with van der Waals surface area (Å²) in [5.41, 5.74) is 1.56. The van der Waals surface area contributed by atoms with Crippen molar-refractivity contribution in [2.24, 2.45) is 23.7 Å². The highest BCUT2D eigenvalue weighted by Crippen LogP contribution is 2.43. The maximum absolute atomic E-state index is 10.0. The zero-order valence-corrected chi connectivity index (χ0v) is 14.8. The summed E-state index contributed by atoms with van der Waals surface area (Å²) in [5, 5.41) is 10.0. The Morgan fingerprint density at radius 1 is 1.22 bits per heavy atom. The molecule has 0 unspecified atom stereocenters. The van der Waals surface area contributed by atoms with Gasteiger partial charge in [0.05, 0.1) is 12.2 Å². The maximum atomic E-state index is 10.0. The Kier molecular flexibility index (Phi) is 5.61. The second kappa shape index (κ2) is 7.50. The molecule has 23 heavy (non-hydrogen) atoms. The molecule has 0 aromatic rings. The number of rotatable bonds is 4. The van der Waals surface area contributed by atoms with Gasteiger partial charge in [-0.15, -0.1) is 0 Å². The Balaban J connectivity index is 1.61. The van der Waals surface area contributed by atoms with Crippen LogP contribution in [0.5, 0.6) is 0 Å². The molecule has 2 aliphatic carbocycles. The molecule has 1 heterocycles. The minimum atomic E-state index is -0.284. The lowest BCUT2D eigenvalue weighted by molar-refractivity contribution is -0.205. The number of aliphatic hydroxyl groups is 1. The van der Waals surface area contributed by atoms with E-state index in [0.29, 0.717) is 18.3 Å². The first-order chi connectivity index (χ1) is 11.1. The van der Waals surface area contributed by atoms with Gasteiger partial charge >= 0.3 is 0 Å². The molecule has 0 aromatic carbocycles. The summed E-state index contributed by atoms with van der Waals surface area (Å²) in [6.45, 7) is 4.68. The molecule has 0 aromatic heterocycles. The van der Waals surface area contributed by atoms with Gasteiger partial charge in [-0.3, -0.25) is 0 Å².